The molecule has 1 amide bonds. The predicted octanol–water partition coefficient (Wildman–Crippen LogP) is 2.88. The molecule has 4 aromatic heterocycles. The Morgan fingerprint density at radius 3 is 2.51 bits per heavy atom. The van der Waals surface area contributed by atoms with Crippen LogP contribution in [0.1, 0.15) is 19.4 Å². The van der Waals surface area contributed by atoms with Crippen LogP contribution in [0.5, 0.6) is 0 Å². The summed E-state index contributed by atoms with van der Waals surface area (Å²) in [6.45, 7) is 5.66. The molecule has 0 aromatic carbocycles. The molecular weight excluding hydrogens is 440 g/mol. The summed E-state index contributed by atoms with van der Waals surface area (Å²) in [6.07, 6.45) is 9.16. The molecule has 5 heterocycles. The number of fused-ring (bicyclic) bond motifs is 2. The molecule has 2 atom stereocenters. The van der Waals surface area contributed by atoms with E-state index in [9.17, 15) is 10.1 Å². The van der Waals surface area contributed by atoms with Gasteiger partial charge in [0, 0.05) is 84.8 Å². The first-order chi connectivity index (χ1) is 16.9. The van der Waals surface area contributed by atoms with Gasteiger partial charge in [0.25, 0.3) is 0 Å². The molecule has 1 saturated carbocycles. The average molecular weight is 467 g/mol. The van der Waals surface area contributed by atoms with Gasteiger partial charge < -0.3 is 10.2 Å². The minimum absolute atomic E-state index is 0.0158. The SMILES string of the molecule is CC(C)C(=O)NC1C2CN(c3ccc(-c4cc(-c5cnn(C)c5)cn5ncc(C#N)c45)cn3)CC21. The van der Waals surface area contributed by atoms with E-state index < -0.39 is 0 Å². The fraction of sp³-hybridized carbons (Fsp3) is 0.346. The summed E-state index contributed by atoms with van der Waals surface area (Å²) in [6, 6.07) is 8.72. The van der Waals surface area contributed by atoms with E-state index in [-0.39, 0.29) is 11.8 Å². The van der Waals surface area contributed by atoms with Crippen LogP contribution in [-0.2, 0) is 11.8 Å². The number of piperidine rings is 1. The van der Waals surface area contributed by atoms with Gasteiger partial charge in [-0.2, -0.15) is 15.5 Å². The molecule has 9 heteroatoms. The second-order valence-corrected chi connectivity index (χ2v) is 9.84. The van der Waals surface area contributed by atoms with Gasteiger partial charge in [0.15, 0.2) is 0 Å². The number of pyridine rings is 2. The number of hydrogen-bond donors (Lipinski definition) is 1. The van der Waals surface area contributed by atoms with E-state index in [0.717, 1.165) is 46.7 Å². The molecule has 1 aliphatic heterocycles. The lowest BCUT2D eigenvalue weighted by Gasteiger charge is -2.22. The van der Waals surface area contributed by atoms with Crippen molar-refractivity contribution in [3.8, 4) is 28.3 Å². The van der Waals surface area contributed by atoms with Crippen LogP contribution in [0.4, 0.5) is 5.82 Å². The van der Waals surface area contributed by atoms with Gasteiger partial charge in [0.1, 0.15) is 11.9 Å². The largest absolute Gasteiger partial charge is 0.356 e. The zero-order chi connectivity index (χ0) is 24.3. The highest BCUT2D eigenvalue weighted by atomic mass is 16.2. The lowest BCUT2D eigenvalue weighted by Crippen LogP contribution is -2.36. The van der Waals surface area contributed by atoms with Crippen LogP contribution < -0.4 is 10.2 Å². The molecule has 9 nitrogen and oxygen atoms in total. The number of nitriles is 1. The molecule has 0 bridgehead atoms. The number of hydrogen-bond acceptors (Lipinski definition) is 6. The van der Waals surface area contributed by atoms with Gasteiger partial charge in [-0.15, -0.1) is 0 Å². The number of nitrogens with one attached hydrogen (secondary N) is 1. The normalized spacial score (nSPS) is 20.8. The van der Waals surface area contributed by atoms with Crippen molar-refractivity contribution in [1.29, 1.82) is 5.26 Å². The zero-order valence-corrected chi connectivity index (χ0v) is 19.9. The molecule has 1 saturated heterocycles. The number of aromatic nitrogens is 5. The van der Waals surface area contributed by atoms with Crippen molar-refractivity contribution in [3.05, 3.63) is 54.7 Å². The minimum atomic E-state index is 0.0158. The first-order valence-corrected chi connectivity index (χ1v) is 11.8. The van der Waals surface area contributed by atoms with Gasteiger partial charge in [-0.1, -0.05) is 13.8 Å². The maximum Gasteiger partial charge on any atom is 0.222 e. The summed E-state index contributed by atoms with van der Waals surface area (Å²) >= 11 is 0. The van der Waals surface area contributed by atoms with E-state index in [1.165, 1.54) is 0 Å². The topological polar surface area (TPSA) is 104 Å². The van der Waals surface area contributed by atoms with E-state index in [1.54, 1.807) is 15.4 Å². The lowest BCUT2D eigenvalue weighted by molar-refractivity contribution is -0.124. The molecule has 4 aromatic rings. The summed E-state index contributed by atoms with van der Waals surface area (Å²) in [7, 11) is 1.88. The summed E-state index contributed by atoms with van der Waals surface area (Å²) in [5, 5.41) is 21.5. The fourth-order valence-electron chi connectivity index (χ4n) is 5.14. The Labute approximate surface area is 203 Å². The van der Waals surface area contributed by atoms with Crippen LogP contribution in [0.25, 0.3) is 27.8 Å². The van der Waals surface area contributed by atoms with Crippen molar-refractivity contribution in [3.63, 3.8) is 0 Å². The third-order valence-corrected chi connectivity index (χ3v) is 7.18. The number of carbonyl (C=O) groups is 1. The number of rotatable bonds is 5. The number of anilines is 1. The highest BCUT2D eigenvalue weighted by Crippen LogP contribution is 2.46. The summed E-state index contributed by atoms with van der Waals surface area (Å²) in [4.78, 5) is 19.1. The third-order valence-electron chi connectivity index (χ3n) is 7.18. The molecule has 1 N–H and O–H groups in total. The van der Waals surface area contributed by atoms with Crippen molar-refractivity contribution in [2.45, 2.75) is 19.9 Å². The number of carbonyl (C=O) groups excluding carboxylic acids is 1. The van der Waals surface area contributed by atoms with Crippen LogP contribution in [0.2, 0.25) is 0 Å². The van der Waals surface area contributed by atoms with Crippen LogP contribution in [0.15, 0.2) is 49.2 Å². The molecule has 0 spiro atoms. The lowest BCUT2D eigenvalue weighted by atomic mass is 10.0. The Kier molecular flexibility index (Phi) is 4.85. The second kappa shape index (κ2) is 7.94. The van der Waals surface area contributed by atoms with Crippen molar-refractivity contribution < 1.29 is 4.79 Å². The van der Waals surface area contributed by atoms with E-state index in [1.807, 2.05) is 51.7 Å². The Balaban J connectivity index is 1.27. The highest BCUT2D eigenvalue weighted by molar-refractivity contribution is 5.87. The first kappa shape index (κ1) is 21.4. The predicted molar refractivity (Wildman–Crippen MR) is 131 cm³/mol. The Bertz CT molecular complexity index is 1460. The Hall–Kier alpha value is -4.19. The molecule has 0 radical (unpaired) electrons. The van der Waals surface area contributed by atoms with Gasteiger partial charge in [0.05, 0.1) is 23.5 Å². The van der Waals surface area contributed by atoms with Crippen molar-refractivity contribution >= 4 is 17.2 Å². The van der Waals surface area contributed by atoms with Gasteiger partial charge >= 0.3 is 0 Å². The first-order valence-electron chi connectivity index (χ1n) is 11.8. The number of aryl methyl sites for hydroxylation is 1. The second-order valence-electron chi connectivity index (χ2n) is 9.84. The molecule has 2 unspecified atom stereocenters. The Morgan fingerprint density at radius 1 is 1.09 bits per heavy atom. The zero-order valence-electron chi connectivity index (χ0n) is 19.9. The molecule has 176 valence electrons. The summed E-state index contributed by atoms with van der Waals surface area (Å²) in [5.74, 6) is 2.08. The molecule has 2 fully saturated rings. The van der Waals surface area contributed by atoms with E-state index >= 15 is 0 Å². The van der Waals surface area contributed by atoms with E-state index in [0.29, 0.717) is 23.4 Å². The molecular formula is C26H26N8O. The van der Waals surface area contributed by atoms with Crippen molar-refractivity contribution in [2.24, 2.45) is 24.8 Å². The third kappa shape index (κ3) is 3.62. The highest BCUT2D eigenvalue weighted by Gasteiger charge is 2.56. The summed E-state index contributed by atoms with van der Waals surface area (Å²) in [5.41, 5.74) is 5.06. The van der Waals surface area contributed by atoms with Crippen LogP contribution in [0.3, 0.4) is 0 Å². The van der Waals surface area contributed by atoms with E-state index in [4.69, 9.17) is 4.98 Å². The quantitative estimate of drug-likeness (QED) is 0.485. The smallest absolute Gasteiger partial charge is 0.222 e. The maximum absolute atomic E-state index is 12.0. The van der Waals surface area contributed by atoms with Crippen molar-refractivity contribution in [1.82, 2.24) is 29.7 Å². The van der Waals surface area contributed by atoms with Crippen LogP contribution in [0, 0.1) is 29.1 Å². The van der Waals surface area contributed by atoms with E-state index in [2.05, 4.69) is 38.6 Å². The molecule has 6 rings (SSSR count). The Morgan fingerprint density at radius 2 is 1.89 bits per heavy atom. The van der Waals surface area contributed by atoms with Crippen LogP contribution in [-0.4, -0.2) is 49.4 Å². The van der Waals surface area contributed by atoms with Gasteiger partial charge in [0.2, 0.25) is 5.91 Å². The standard InChI is InChI=1S/C26H26N8O/c1-15(2)26(35)31-24-21-13-33(14-22(21)24)23-5-4-16(8-28-23)20-6-17(19-10-29-32(3)11-19)12-34-25(20)18(7-27)9-30-34/h4-6,8-12,15,21-22,24H,13-14H2,1-3H3,(H,31,35). The summed E-state index contributed by atoms with van der Waals surface area (Å²) < 4.78 is 3.52. The van der Waals surface area contributed by atoms with Crippen molar-refractivity contribution in [2.75, 3.05) is 18.0 Å². The van der Waals surface area contributed by atoms with Gasteiger partial charge in [-0.25, -0.2) is 9.50 Å². The maximum atomic E-state index is 12.0. The van der Waals surface area contributed by atoms with Gasteiger partial charge in [-0.3, -0.25) is 9.48 Å². The molecule has 35 heavy (non-hydrogen) atoms. The average Bonchev–Trinajstić information content (AvgIpc) is 3.31. The minimum Gasteiger partial charge on any atom is -0.356 e. The molecule has 2 aliphatic rings. The number of nitrogens with zero attached hydrogens (tertiary/aromatic N) is 7. The number of amides is 1. The van der Waals surface area contributed by atoms with Crippen LogP contribution >= 0.6 is 0 Å². The molecule has 1 aliphatic carbocycles. The monoisotopic (exact) mass is 466 g/mol. The van der Waals surface area contributed by atoms with Gasteiger partial charge in [-0.05, 0) is 18.2 Å². The fourth-order valence-corrected chi connectivity index (χ4v) is 5.14.